The van der Waals surface area contributed by atoms with Gasteiger partial charge in [0.25, 0.3) is 5.91 Å². The Hall–Kier alpha value is -1.08. The molecule has 0 bridgehead atoms. The third kappa shape index (κ3) is 3.02. The molecule has 2 aromatic rings. The predicted octanol–water partition coefficient (Wildman–Crippen LogP) is 3.97. The van der Waals surface area contributed by atoms with Crippen LogP contribution in [0.25, 0.3) is 0 Å². The van der Waals surface area contributed by atoms with Crippen LogP contribution in [0.1, 0.15) is 10.4 Å². The second-order valence-electron chi connectivity index (χ2n) is 3.60. The summed E-state index contributed by atoms with van der Waals surface area (Å²) in [5.41, 5.74) is 1.07. The first-order chi connectivity index (χ1) is 8.58. The van der Waals surface area contributed by atoms with Crippen LogP contribution in [0.4, 0.5) is 10.1 Å². The molecule has 0 aliphatic carbocycles. The van der Waals surface area contributed by atoms with Crippen LogP contribution in [-0.4, -0.2) is 5.91 Å². The molecule has 18 heavy (non-hydrogen) atoms. The maximum absolute atomic E-state index is 12.9. The smallest absolute Gasteiger partial charge is 0.256 e. The van der Waals surface area contributed by atoms with Crippen molar-refractivity contribution in [1.82, 2.24) is 0 Å². The average Bonchev–Trinajstić information content (AvgIpc) is 2.33. The second-order valence-corrected chi connectivity index (χ2v) is 5.24. The molecule has 0 heterocycles. The topological polar surface area (TPSA) is 29.1 Å². The zero-order valence-electron chi connectivity index (χ0n) is 9.15. The van der Waals surface area contributed by atoms with E-state index in [2.05, 4.69) is 17.9 Å². The molecule has 0 aromatic heterocycles. The number of carbonyl (C=O) groups is 1. The van der Waals surface area contributed by atoms with Crippen molar-refractivity contribution >= 4 is 46.8 Å². The first kappa shape index (κ1) is 13.4. The summed E-state index contributed by atoms with van der Waals surface area (Å²) >= 11 is 6.20. The second kappa shape index (κ2) is 5.71. The fourth-order valence-corrected chi connectivity index (χ4v) is 2.32. The van der Waals surface area contributed by atoms with Crippen molar-refractivity contribution in [2.75, 3.05) is 5.32 Å². The minimum Gasteiger partial charge on any atom is -0.321 e. The molecule has 2 aromatic carbocycles. The minimum absolute atomic E-state index is 0.259. The molecule has 0 saturated carbocycles. The van der Waals surface area contributed by atoms with Crippen molar-refractivity contribution in [3.63, 3.8) is 0 Å². The largest absolute Gasteiger partial charge is 0.321 e. The van der Waals surface area contributed by atoms with Crippen molar-refractivity contribution in [1.29, 1.82) is 0 Å². The van der Waals surface area contributed by atoms with Gasteiger partial charge >= 0.3 is 0 Å². The molecule has 0 unspecified atom stereocenters. The number of benzene rings is 2. The summed E-state index contributed by atoms with van der Waals surface area (Å²) in [5, 5.41) is 2.73. The number of anilines is 1. The molecule has 0 radical (unpaired) electrons. The molecule has 0 fully saturated rings. The summed E-state index contributed by atoms with van der Waals surface area (Å²) in [6.07, 6.45) is 0. The summed E-state index contributed by atoms with van der Waals surface area (Å²) in [4.78, 5) is 12.6. The highest BCUT2D eigenvalue weighted by molar-refractivity contribution is 14.1. The van der Waals surface area contributed by atoms with E-state index >= 15 is 0 Å². The molecular formula is C13H9FINOS. The van der Waals surface area contributed by atoms with Crippen molar-refractivity contribution in [2.45, 2.75) is 4.90 Å². The summed E-state index contributed by atoms with van der Waals surface area (Å²) in [6.45, 7) is 0. The zero-order chi connectivity index (χ0) is 13.1. The van der Waals surface area contributed by atoms with Gasteiger partial charge in [-0.2, -0.15) is 0 Å². The van der Waals surface area contributed by atoms with Crippen LogP contribution in [0.3, 0.4) is 0 Å². The highest BCUT2D eigenvalue weighted by atomic mass is 127. The van der Waals surface area contributed by atoms with Crippen LogP contribution in [0.2, 0.25) is 0 Å². The molecule has 5 heteroatoms. The Kier molecular flexibility index (Phi) is 4.23. The Morgan fingerprint density at radius 3 is 2.61 bits per heavy atom. The summed E-state index contributed by atoms with van der Waals surface area (Å²) in [7, 11) is 0. The van der Waals surface area contributed by atoms with Gasteiger partial charge in [-0.15, -0.1) is 12.6 Å². The minimum atomic E-state index is -0.327. The number of halogens is 2. The van der Waals surface area contributed by atoms with Gasteiger partial charge in [-0.05, 0) is 52.9 Å². The van der Waals surface area contributed by atoms with Crippen LogP contribution in [0, 0.1) is 9.39 Å². The highest BCUT2D eigenvalue weighted by Crippen LogP contribution is 2.21. The van der Waals surface area contributed by atoms with Gasteiger partial charge in [0.2, 0.25) is 0 Å². The van der Waals surface area contributed by atoms with E-state index in [1.54, 1.807) is 24.3 Å². The maximum atomic E-state index is 12.9. The number of thiol groups is 1. The maximum Gasteiger partial charge on any atom is 0.256 e. The normalized spacial score (nSPS) is 10.2. The summed E-state index contributed by atoms with van der Waals surface area (Å²) < 4.78 is 13.6. The van der Waals surface area contributed by atoms with Gasteiger partial charge in [0.05, 0.1) is 11.3 Å². The van der Waals surface area contributed by atoms with Crippen LogP contribution >= 0.6 is 35.2 Å². The molecule has 2 nitrogen and oxygen atoms in total. The van der Waals surface area contributed by atoms with Gasteiger partial charge in [-0.25, -0.2) is 4.39 Å². The molecule has 1 amide bonds. The fraction of sp³-hybridized carbons (Fsp3) is 0. The Bertz CT molecular complexity index is 603. The molecule has 0 aliphatic rings. The molecule has 0 saturated heterocycles. The molecule has 0 atom stereocenters. The average molecular weight is 373 g/mol. The van der Waals surface area contributed by atoms with Crippen LogP contribution in [0.5, 0.6) is 0 Å². The lowest BCUT2D eigenvalue weighted by atomic mass is 10.2. The third-order valence-corrected chi connectivity index (χ3v) is 3.61. The number of rotatable bonds is 2. The number of nitrogens with one attached hydrogen (secondary N) is 1. The van der Waals surface area contributed by atoms with E-state index in [9.17, 15) is 9.18 Å². The van der Waals surface area contributed by atoms with E-state index in [1.807, 2.05) is 22.6 Å². The molecule has 0 aliphatic heterocycles. The van der Waals surface area contributed by atoms with Crippen molar-refractivity contribution in [3.05, 3.63) is 57.4 Å². The Balaban J connectivity index is 2.24. The summed E-state index contributed by atoms with van der Waals surface area (Å²) in [6, 6.07) is 11.2. The molecular weight excluding hydrogens is 364 g/mol. The number of hydrogen-bond donors (Lipinski definition) is 2. The van der Waals surface area contributed by atoms with Crippen LogP contribution in [0.15, 0.2) is 47.4 Å². The molecule has 2 rings (SSSR count). The standard InChI is InChI=1S/C13H9FINOS/c14-8-5-6-11(10(15)7-8)16-13(17)9-3-1-2-4-12(9)18/h1-7,18H,(H,16,17). The van der Waals surface area contributed by atoms with Crippen molar-refractivity contribution in [3.8, 4) is 0 Å². The molecule has 92 valence electrons. The molecule has 0 spiro atoms. The van der Waals surface area contributed by atoms with Gasteiger partial charge in [0, 0.05) is 8.47 Å². The van der Waals surface area contributed by atoms with Gasteiger partial charge in [0.15, 0.2) is 0 Å². The van der Waals surface area contributed by atoms with Crippen molar-refractivity contribution < 1.29 is 9.18 Å². The number of amides is 1. The summed E-state index contributed by atoms with van der Waals surface area (Å²) in [5.74, 6) is -0.586. The Morgan fingerprint density at radius 2 is 1.94 bits per heavy atom. The van der Waals surface area contributed by atoms with E-state index in [-0.39, 0.29) is 11.7 Å². The van der Waals surface area contributed by atoms with Gasteiger partial charge in [-0.1, -0.05) is 12.1 Å². The monoisotopic (exact) mass is 373 g/mol. The fourth-order valence-electron chi connectivity index (χ4n) is 1.45. The number of carbonyl (C=O) groups excluding carboxylic acids is 1. The SMILES string of the molecule is O=C(Nc1ccc(F)cc1I)c1ccccc1S. The lowest BCUT2D eigenvalue weighted by molar-refractivity contribution is 0.102. The van der Waals surface area contributed by atoms with E-state index in [0.29, 0.717) is 19.7 Å². The van der Waals surface area contributed by atoms with Crippen LogP contribution in [-0.2, 0) is 0 Å². The molecule has 1 N–H and O–H groups in total. The van der Waals surface area contributed by atoms with E-state index in [4.69, 9.17) is 0 Å². The Morgan fingerprint density at radius 1 is 1.22 bits per heavy atom. The van der Waals surface area contributed by atoms with E-state index in [1.165, 1.54) is 18.2 Å². The predicted molar refractivity (Wildman–Crippen MR) is 80.8 cm³/mol. The van der Waals surface area contributed by atoms with Gasteiger partial charge < -0.3 is 5.32 Å². The quantitative estimate of drug-likeness (QED) is 0.606. The van der Waals surface area contributed by atoms with Crippen molar-refractivity contribution in [2.24, 2.45) is 0 Å². The highest BCUT2D eigenvalue weighted by Gasteiger charge is 2.10. The lowest BCUT2D eigenvalue weighted by Crippen LogP contribution is -2.13. The van der Waals surface area contributed by atoms with E-state index in [0.717, 1.165) is 0 Å². The first-order valence-corrected chi connectivity index (χ1v) is 6.65. The van der Waals surface area contributed by atoms with Crippen LogP contribution < -0.4 is 5.32 Å². The van der Waals surface area contributed by atoms with Gasteiger partial charge in [-0.3, -0.25) is 4.79 Å². The Labute approximate surface area is 123 Å². The van der Waals surface area contributed by atoms with E-state index < -0.39 is 0 Å². The lowest BCUT2D eigenvalue weighted by Gasteiger charge is -2.08. The first-order valence-electron chi connectivity index (χ1n) is 5.12. The number of hydrogen-bond acceptors (Lipinski definition) is 2. The third-order valence-electron chi connectivity index (χ3n) is 2.33. The zero-order valence-corrected chi connectivity index (χ0v) is 12.2. The van der Waals surface area contributed by atoms with Gasteiger partial charge in [0.1, 0.15) is 5.82 Å².